The number of aromatic nitrogens is 4. The maximum absolute atomic E-state index is 13.0. The lowest BCUT2D eigenvalue weighted by Crippen LogP contribution is -2.40. The minimum Gasteiger partial charge on any atom is -0.282 e. The average Bonchev–Trinajstić information content (AvgIpc) is 3.14. The molecule has 1 saturated heterocycles. The number of piperidine rings is 1. The molecule has 8 heteroatoms. The third-order valence-corrected chi connectivity index (χ3v) is 6.85. The fraction of sp³-hybridized carbons (Fsp3) is 0.625. The number of H-pyrrole nitrogens is 1. The number of sulfonamides is 1. The molecule has 0 saturated carbocycles. The number of aryl methyl sites for hydroxylation is 2. The molecule has 0 spiro atoms. The van der Waals surface area contributed by atoms with Crippen LogP contribution in [0, 0.1) is 19.8 Å². The predicted octanol–water partition coefficient (Wildman–Crippen LogP) is 1.89. The van der Waals surface area contributed by atoms with Gasteiger partial charge in [0.05, 0.1) is 18.1 Å². The van der Waals surface area contributed by atoms with E-state index < -0.39 is 10.0 Å². The Morgan fingerprint density at radius 1 is 1.33 bits per heavy atom. The molecule has 24 heavy (non-hydrogen) atoms. The smallest absolute Gasteiger partial charge is 0.246 e. The molecular weight excluding hydrogens is 326 g/mol. The van der Waals surface area contributed by atoms with Crippen LogP contribution in [-0.4, -0.2) is 45.8 Å². The predicted molar refractivity (Wildman–Crippen MR) is 91.1 cm³/mol. The van der Waals surface area contributed by atoms with Crippen LogP contribution in [0.2, 0.25) is 0 Å². The highest BCUT2D eigenvalue weighted by atomic mass is 32.2. The summed E-state index contributed by atoms with van der Waals surface area (Å²) in [5.41, 5.74) is 2.95. The Morgan fingerprint density at radius 2 is 2.12 bits per heavy atom. The first-order valence-electron chi connectivity index (χ1n) is 8.45. The molecule has 0 aromatic carbocycles. The summed E-state index contributed by atoms with van der Waals surface area (Å²) in [4.78, 5) is 0.336. The second-order valence-corrected chi connectivity index (χ2v) is 8.42. The standard InChI is InChI=1S/C16H25N5O2S/c1-4-21-13(3)16(10-18-21)24(22,23)20-7-5-6-14(11-20)8-15-12(2)9-17-19-15/h9-10,14H,4-8,11H2,1-3H3,(H,17,19)/t14-/m0/s1. The van der Waals surface area contributed by atoms with Crippen molar-refractivity contribution in [2.45, 2.75) is 51.5 Å². The van der Waals surface area contributed by atoms with Gasteiger partial charge in [0.15, 0.2) is 0 Å². The molecule has 0 amide bonds. The molecule has 0 bridgehead atoms. The quantitative estimate of drug-likeness (QED) is 0.891. The van der Waals surface area contributed by atoms with E-state index >= 15 is 0 Å². The van der Waals surface area contributed by atoms with Crippen molar-refractivity contribution in [1.29, 1.82) is 0 Å². The molecule has 1 fully saturated rings. The Hall–Kier alpha value is -1.67. The van der Waals surface area contributed by atoms with Crippen LogP contribution < -0.4 is 0 Å². The van der Waals surface area contributed by atoms with Crippen molar-refractivity contribution in [3.63, 3.8) is 0 Å². The molecule has 1 N–H and O–H groups in total. The first kappa shape index (κ1) is 17.2. The van der Waals surface area contributed by atoms with E-state index in [2.05, 4.69) is 15.3 Å². The number of aromatic amines is 1. The molecule has 3 rings (SSSR count). The Bertz CT molecular complexity index is 808. The van der Waals surface area contributed by atoms with E-state index in [0.29, 0.717) is 36.1 Å². The van der Waals surface area contributed by atoms with Crippen LogP contribution in [0.4, 0.5) is 0 Å². The Kier molecular flexibility index (Phi) is 4.78. The van der Waals surface area contributed by atoms with Gasteiger partial charge in [-0.3, -0.25) is 9.78 Å². The highest BCUT2D eigenvalue weighted by molar-refractivity contribution is 7.89. The molecule has 3 heterocycles. The molecule has 2 aromatic rings. The second-order valence-electron chi connectivity index (χ2n) is 6.52. The summed E-state index contributed by atoms with van der Waals surface area (Å²) in [7, 11) is -3.48. The van der Waals surface area contributed by atoms with E-state index in [-0.39, 0.29) is 0 Å². The van der Waals surface area contributed by atoms with E-state index in [0.717, 1.165) is 30.5 Å². The molecule has 7 nitrogen and oxygen atoms in total. The summed E-state index contributed by atoms with van der Waals surface area (Å²) in [5.74, 6) is 0.314. The molecular formula is C16H25N5O2S. The van der Waals surface area contributed by atoms with Gasteiger partial charge >= 0.3 is 0 Å². The average molecular weight is 351 g/mol. The number of nitrogens with zero attached hydrogens (tertiary/aromatic N) is 4. The van der Waals surface area contributed by atoms with E-state index in [4.69, 9.17) is 0 Å². The van der Waals surface area contributed by atoms with Gasteiger partial charge in [-0.05, 0) is 51.5 Å². The molecule has 0 aliphatic carbocycles. The zero-order chi connectivity index (χ0) is 17.3. The molecule has 1 aliphatic rings. The number of hydrogen-bond acceptors (Lipinski definition) is 4. The van der Waals surface area contributed by atoms with Gasteiger partial charge in [0.25, 0.3) is 0 Å². The van der Waals surface area contributed by atoms with Crippen molar-refractivity contribution in [3.05, 3.63) is 29.3 Å². The monoisotopic (exact) mass is 351 g/mol. The highest BCUT2D eigenvalue weighted by Gasteiger charge is 2.32. The Morgan fingerprint density at radius 3 is 2.75 bits per heavy atom. The van der Waals surface area contributed by atoms with Crippen LogP contribution in [0.5, 0.6) is 0 Å². The number of rotatable bonds is 5. The molecule has 1 atom stereocenters. The Labute approximate surface area is 143 Å². The van der Waals surface area contributed by atoms with E-state index in [1.54, 1.807) is 8.99 Å². The zero-order valence-corrected chi connectivity index (χ0v) is 15.3. The van der Waals surface area contributed by atoms with E-state index in [1.807, 2.05) is 27.0 Å². The lowest BCUT2D eigenvalue weighted by molar-refractivity contribution is 0.264. The topological polar surface area (TPSA) is 83.9 Å². The fourth-order valence-corrected chi connectivity index (χ4v) is 5.13. The van der Waals surface area contributed by atoms with Crippen LogP contribution in [-0.2, 0) is 23.0 Å². The van der Waals surface area contributed by atoms with Crippen LogP contribution in [0.25, 0.3) is 0 Å². The fourth-order valence-electron chi connectivity index (χ4n) is 3.42. The largest absolute Gasteiger partial charge is 0.282 e. The minimum atomic E-state index is -3.48. The van der Waals surface area contributed by atoms with Gasteiger partial charge < -0.3 is 0 Å². The first-order valence-corrected chi connectivity index (χ1v) is 9.89. The van der Waals surface area contributed by atoms with E-state index in [9.17, 15) is 8.42 Å². The van der Waals surface area contributed by atoms with Gasteiger partial charge in [0, 0.05) is 25.3 Å². The van der Waals surface area contributed by atoms with Crippen molar-refractivity contribution < 1.29 is 8.42 Å². The maximum atomic E-state index is 13.0. The summed E-state index contributed by atoms with van der Waals surface area (Å²) in [5, 5.41) is 11.3. The molecule has 0 unspecified atom stereocenters. The summed E-state index contributed by atoms with van der Waals surface area (Å²) >= 11 is 0. The second kappa shape index (κ2) is 6.68. The molecule has 2 aromatic heterocycles. The maximum Gasteiger partial charge on any atom is 0.246 e. The van der Waals surface area contributed by atoms with Crippen LogP contribution >= 0.6 is 0 Å². The van der Waals surface area contributed by atoms with E-state index in [1.165, 1.54) is 6.20 Å². The van der Waals surface area contributed by atoms with Gasteiger partial charge in [0.1, 0.15) is 4.90 Å². The number of hydrogen-bond donors (Lipinski definition) is 1. The lowest BCUT2D eigenvalue weighted by Gasteiger charge is -2.31. The van der Waals surface area contributed by atoms with Crippen LogP contribution in [0.1, 0.15) is 36.7 Å². The van der Waals surface area contributed by atoms with Crippen LogP contribution in [0.15, 0.2) is 17.3 Å². The van der Waals surface area contributed by atoms with Crippen molar-refractivity contribution in [2.24, 2.45) is 5.92 Å². The summed E-state index contributed by atoms with van der Waals surface area (Å²) in [6.45, 7) is 7.61. The van der Waals surface area contributed by atoms with Crippen molar-refractivity contribution in [3.8, 4) is 0 Å². The van der Waals surface area contributed by atoms with Gasteiger partial charge in [-0.15, -0.1) is 0 Å². The molecule has 1 aliphatic heterocycles. The first-order chi connectivity index (χ1) is 11.4. The van der Waals surface area contributed by atoms with Gasteiger partial charge in [-0.1, -0.05) is 0 Å². The van der Waals surface area contributed by atoms with Crippen LogP contribution in [0.3, 0.4) is 0 Å². The third kappa shape index (κ3) is 3.12. The molecule has 132 valence electrons. The van der Waals surface area contributed by atoms with Gasteiger partial charge in [-0.25, -0.2) is 8.42 Å². The van der Waals surface area contributed by atoms with Crippen molar-refractivity contribution in [1.82, 2.24) is 24.3 Å². The molecule has 0 radical (unpaired) electrons. The van der Waals surface area contributed by atoms with Gasteiger partial charge in [0.2, 0.25) is 10.0 Å². The van der Waals surface area contributed by atoms with Gasteiger partial charge in [-0.2, -0.15) is 14.5 Å². The lowest BCUT2D eigenvalue weighted by atomic mass is 9.94. The van der Waals surface area contributed by atoms with Crippen molar-refractivity contribution in [2.75, 3.05) is 13.1 Å². The highest BCUT2D eigenvalue weighted by Crippen LogP contribution is 2.27. The minimum absolute atomic E-state index is 0.314. The SMILES string of the molecule is CCn1ncc(S(=O)(=O)N2CCC[C@@H](Cc3[nH]ncc3C)C2)c1C. The summed E-state index contributed by atoms with van der Waals surface area (Å²) in [6.07, 6.45) is 6.06. The summed E-state index contributed by atoms with van der Waals surface area (Å²) in [6, 6.07) is 0. The van der Waals surface area contributed by atoms with Crippen molar-refractivity contribution >= 4 is 10.0 Å². The summed E-state index contributed by atoms with van der Waals surface area (Å²) < 4.78 is 29.4. The Balaban J connectivity index is 1.78. The normalized spacial score (nSPS) is 19.7. The third-order valence-electron chi connectivity index (χ3n) is 4.88. The zero-order valence-electron chi connectivity index (χ0n) is 14.5. The number of nitrogens with one attached hydrogen (secondary N) is 1.